The number of unbranched alkanes of at least 4 members (excludes halogenated alkanes) is 6. The maximum atomic E-state index is 7.29. The largest absolute Gasteiger partial charge is 0.494 e. The molecule has 6 N–H and O–H groups in total. The van der Waals surface area contributed by atoms with E-state index in [-0.39, 0.29) is 11.7 Å². The second kappa shape index (κ2) is 15.7. The first-order chi connectivity index (χ1) is 16.0. The number of nitrogens with one attached hydrogen (secondary N) is 2. The molecule has 0 amide bonds. The third-order valence-electron chi connectivity index (χ3n) is 5.54. The van der Waals surface area contributed by atoms with E-state index >= 15 is 0 Å². The molecule has 0 fully saturated rings. The van der Waals surface area contributed by atoms with E-state index in [1.165, 1.54) is 43.2 Å². The Morgan fingerprint density at radius 1 is 0.545 bits per heavy atom. The van der Waals surface area contributed by atoms with Crippen molar-refractivity contribution in [2.24, 2.45) is 11.5 Å². The zero-order chi connectivity index (χ0) is 23.7. The van der Waals surface area contributed by atoms with Crippen molar-refractivity contribution in [3.63, 3.8) is 0 Å². The molecule has 0 aliphatic carbocycles. The van der Waals surface area contributed by atoms with Gasteiger partial charge in [-0.2, -0.15) is 0 Å². The fourth-order valence-electron chi connectivity index (χ4n) is 3.53. The lowest BCUT2D eigenvalue weighted by atomic mass is 10.1. The number of aryl methyl sites for hydroxylation is 2. The third kappa shape index (κ3) is 12.6. The monoisotopic (exact) mass is 452 g/mol. The molecule has 33 heavy (non-hydrogen) atoms. The van der Waals surface area contributed by atoms with Crippen LogP contribution in [0.2, 0.25) is 0 Å². The Morgan fingerprint density at radius 2 is 0.879 bits per heavy atom. The average Bonchev–Trinajstić information content (AvgIpc) is 2.81. The summed E-state index contributed by atoms with van der Waals surface area (Å²) >= 11 is 0. The highest BCUT2D eigenvalue weighted by Crippen LogP contribution is 2.16. The van der Waals surface area contributed by atoms with E-state index in [0.29, 0.717) is 12.8 Å². The number of rotatable bonds is 18. The van der Waals surface area contributed by atoms with E-state index in [1.54, 1.807) is 0 Å². The summed E-state index contributed by atoms with van der Waals surface area (Å²) in [4.78, 5) is 0. The van der Waals surface area contributed by atoms with E-state index in [2.05, 4.69) is 0 Å². The maximum Gasteiger partial charge on any atom is 0.119 e. The molecular formula is C27H40N4O2. The van der Waals surface area contributed by atoms with Gasteiger partial charge in [-0.05, 0) is 61.1 Å². The van der Waals surface area contributed by atoms with Gasteiger partial charge in [-0.25, -0.2) is 0 Å². The second-order valence-corrected chi connectivity index (χ2v) is 8.51. The van der Waals surface area contributed by atoms with Crippen LogP contribution in [0.5, 0.6) is 11.5 Å². The summed E-state index contributed by atoms with van der Waals surface area (Å²) in [7, 11) is 0. The van der Waals surface area contributed by atoms with Gasteiger partial charge >= 0.3 is 0 Å². The highest BCUT2D eigenvalue weighted by Gasteiger charge is 2.00. The predicted octanol–water partition coefficient (Wildman–Crippen LogP) is 5.61. The lowest BCUT2D eigenvalue weighted by Crippen LogP contribution is -2.10. The zero-order valence-electron chi connectivity index (χ0n) is 19.8. The van der Waals surface area contributed by atoms with Crippen molar-refractivity contribution in [2.75, 3.05) is 13.2 Å². The van der Waals surface area contributed by atoms with Crippen LogP contribution in [0.25, 0.3) is 0 Å². The summed E-state index contributed by atoms with van der Waals surface area (Å²) < 4.78 is 11.6. The Bertz CT molecular complexity index is 750. The Hall–Kier alpha value is -3.02. The highest BCUT2D eigenvalue weighted by molar-refractivity contribution is 5.77. The number of hydrogen-bond donors (Lipinski definition) is 4. The molecule has 0 saturated carbocycles. The summed E-state index contributed by atoms with van der Waals surface area (Å²) in [5, 5.41) is 14.6. The molecule has 0 bridgehead atoms. The van der Waals surface area contributed by atoms with Crippen molar-refractivity contribution in [3.05, 3.63) is 59.7 Å². The van der Waals surface area contributed by atoms with Gasteiger partial charge in [-0.1, -0.05) is 56.4 Å². The fourth-order valence-corrected chi connectivity index (χ4v) is 3.53. The SMILES string of the molecule is N=C(N)CCc1ccc(OCCCCCCCCCOc2ccc(CCC(=N)N)cc2)cc1. The van der Waals surface area contributed by atoms with Crippen LogP contribution in [0.15, 0.2) is 48.5 Å². The molecule has 180 valence electrons. The van der Waals surface area contributed by atoms with Crippen LogP contribution in [0.1, 0.15) is 68.9 Å². The Labute approximate surface area is 198 Å². The zero-order valence-corrected chi connectivity index (χ0v) is 19.8. The van der Waals surface area contributed by atoms with Gasteiger partial charge in [0.25, 0.3) is 0 Å². The number of amidine groups is 2. The minimum absolute atomic E-state index is 0.230. The van der Waals surface area contributed by atoms with Crippen molar-refractivity contribution in [1.82, 2.24) is 0 Å². The molecule has 2 rings (SSSR count). The number of benzene rings is 2. The average molecular weight is 453 g/mol. The highest BCUT2D eigenvalue weighted by atomic mass is 16.5. The molecule has 0 heterocycles. The van der Waals surface area contributed by atoms with Crippen molar-refractivity contribution >= 4 is 11.7 Å². The van der Waals surface area contributed by atoms with Crippen LogP contribution in [-0.2, 0) is 12.8 Å². The summed E-state index contributed by atoms with van der Waals surface area (Å²) in [5.74, 6) is 2.28. The van der Waals surface area contributed by atoms with Gasteiger partial charge < -0.3 is 20.9 Å². The third-order valence-corrected chi connectivity index (χ3v) is 5.54. The molecule has 0 aliphatic heterocycles. The number of hydrogen-bond acceptors (Lipinski definition) is 4. The van der Waals surface area contributed by atoms with Crippen molar-refractivity contribution in [2.45, 2.75) is 70.6 Å². The van der Waals surface area contributed by atoms with Crippen LogP contribution in [0.3, 0.4) is 0 Å². The minimum Gasteiger partial charge on any atom is -0.494 e. The first kappa shape index (κ1) is 26.2. The Kier molecular flexibility index (Phi) is 12.5. The minimum atomic E-state index is 0.230. The fraction of sp³-hybridized carbons (Fsp3) is 0.481. The van der Waals surface area contributed by atoms with Crippen LogP contribution in [0.4, 0.5) is 0 Å². The number of nitrogens with two attached hydrogens (primary N) is 2. The van der Waals surface area contributed by atoms with Crippen molar-refractivity contribution < 1.29 is 9.47 Å². The summed E-state index contributed by atoms with van der Waals surface area (Å²) in [6.45, 7) is 1.52. The first-order valence-corrected chi connectivity index (χ1v) is 12.1. The molecule has 0 unspecified atom stereocenters. The molecule has 6 heteroatoms. The maximum absolute atomic E-state index is 7.29. The molecular weight excluding hydrogens is 412 g/mol. The Balaban J connectivity index is 1.41. The van der Waals surface area contributed by atoms with Crippen molar-refractivity contribution in [3.8, 4) is 11.5 Å². The first-order valence-electron chi connectivity index (χ1n) is 12.1. The van der Waals surface area contributed by atoms with Gasteiger partial charge in [0.2, 0.25) is 0 Å². The quantitative estimate of drug-likeness (QED) is 0.133. The van der Waals surface area contributed by atoms with Gasteiger partial charge in [0.05, 0.1) is 24.9 Å². The molecule has 0 aliphatic rings. The topological polar surface area (TPSA) is 118 Å². The van der Waals surface area contributed by atoms with Gasteiger partial charge in [0, 0.05) is 12.8 Å². The van der Waals surface area contributed by atoms with Gasteiger partial charge in [0.15, 0.2) is 0 Å². The lowest BCUT2D eigenvalue weighted by Gasteiger charge is -2.08. The summed E-state index contributed by atoms with van der Waals surface area (Å²) in [5.41, 5.74) is 13.2. The molecule has 0 saturated heterocycles. The van der Waals surface area contributed by atoms with Gasteiger partial charge in [0.1, 0.15) is 11.5 Å². The molecule has 0 spiro atoms. The standard InChI is InChI=1S/C27H40N4O2/c28-26(29)18-12-22-8-14-24(15-9-22)32-20-6-4-2-1-3-5-7-21-33-25-16-10-23(11-17-25)13-19-27(30)31/h8-11,14-17H,1-7,12-13,18-21H2,(H3,28,29)(H3,30,31). The smallest absolute Gasteiger partial charge is 0.119 e. The lowest BCUT2D eigenvalue weighted by molar-refractivity contribution is 0.299. The molecule has 0 aromatic heterocycles. The Morgan fingerprint density at radius 3 is 1.21 bits per heavy atom. The van der Waals surface area contributed by atoms with Crippen LogP contribution >= 0.6 is 0 Å². The van der Waals surface area contributed by atoms with E-state index in [0.717, 1.165) is 50.4 Å². The second-order valence-electron chi connectivity index (χ2n) is 8.51. The van der Waals surface area contributed by atoms with E-state index in [1.807, 2.05) is 48.5 Å². The van der Waals surface area contributed by atoms with E-state index < -0.39 is 0 Å². The molecule has 0 atom stereocenters. The van der Waals surface area contributed by atoms with E-state index in [9.17, 15) is 0 Å². The van der Waals surface area contributed by atoms with Gasteiger partial charge in [-0.15, -0.1) is 0 Å². The molecule has 2 aromatic carbocycles. The molecule has 0 radical (unpaired) electrons. The van der Waals surface area contributed by atoms with Crippen LogP contribution < -0.4 is 20.9 Å². The van der Waals surface area contributed by atoms with Crippen LogP contribution in [0, 0.1) is 10.8 Å². The van der Waals surface area contributed by atoms with Crippen LogP contribution in [-0.4, -0.2) is 24.9 Å². The summed E-state index contributed by atoms with van der Waals surface area (Å²) in [6.07, 6.45) is 11.1. The van der Waals surface area contributed by atoms with Crippen molar-refractivity contribution in [1.29, 1.82) is 10.8 Å². The molecule has 2 aromatic rings. The predicted molar refractivity (Wildman–Crippen MR) is 137 cm³/mol. The molecule has 6 nitrogen and oxygen atoms in total. The summed E-state index contributed by atoms with van der Waals surface area (Å²) in [6, 6.07) is 16.2. The number of ether oxygens (including phenoxy) is 2. The normalized spacial score (nSPS) is 10.7. The van der Waals surface area contributed by atoms with E-state index in [4.69, 9.17) is 31.8 Å². The van der Waals surface area contributed by atoms with Gasteiger partial charge in [-0.3, -0.25) is 10.8 Å².